The van der Waals surface area contributed by atoms with E-state index in [0.29, 0.717) is 37.0 Å². The van der Waals surface area contributed by atoms with Crippen molar-refractivity contribution in [1.29, 1.82) is 0 Å². The molecule has 0 aliphatic carbocycles. The quantitative estimate of drug-likeness (QED) is 0.850. The van der Waals surface area contributed by atoms with Gasteiger partial charge in [-0.25, -0.2) is 9.37 Å². The molecule has 0 atom stereocenters. The Bertz CT molecular complexity index is 837. The van der Waals surface area contributed by atoms with Crippen LogP contribution in [0.25, 0.3) is 0 Å². The van der Waals surface area contributed by atoms with Gasteiger partial charge in [-0.1, -0.05) is 20.8 Å². The molecule has 6 nitrogen and oxygen atoms in total. The van der Waals surface area contributed by atoms with E-state index in [9.17, 15) is 14.0 Å². The van der Waals surface area contributed by atoms with Gasteiger partial charge in [-0.3, -0.25) is 9.59 Å². The number of rotatable bonds is 4. The number of amides is 2. The van der Waals surface area contributed by atoms with Gasteiger partial charge in [0.05, 0.1) is 12.1 Å². The number of anilines is 2. The molecule has 2 heterocycles. The SMILES string of the molecule is CC(C)(C)C(=O)Nc1nc(CC(=O)N2CCN(c3ccc(F)cc3)CC2)cs1. The summed E-state index contributed by atoms with van der Waals surface area (Å²) in [6.45, 7) is 8.18. The molecule has 28 heavy (non-hydrogen) atoms. The second-order valence-electron chi connectivity index (χ2n) is 7.87. The van der Waals surface area contributed by atoms with Crippen molar-refractivity contribution in [3.8, 4) is 0 Å². The molecule has 8 heteroatoms. The van der Waals surface area contributed by atoms with Crippen LogP contribution in [0.15, 0.2) is 29.6 Å². The molecule has 0 radical (unpaired) electrons. The minimum absolute atomic E-state index is 0.0257. The van der Waals surface area contributed by atoms with E-state index in [0.717, 1.165) is 5.69 Å². The van der Waals surface area contributed by atoms with Gasteiger partial charge in [0.15, 0.2) is 5.13 Å². The molecular weight excluding hydrogens is 379 g/mol. The van der Waals surface area contributed by atoms with Crippen molar-refractivity contribution >= 4 is 34.0 Å². The van der Waals surface area contributed by atoms with E-state index < -0.39 is 5.41 Å². The first-order valence-electron chi connectivity index (χ1n) is 9.26. The summed E-state index contributed by atoms with van der Waals surface area (Å²) in [5.74, 6) is -0.326. The smallest absolute Gasteiger partial charge is 0.231 e. The average Bonchev–Trinajstić information content (AvgIpc) is 3.08. The highest BCUT2D eigenvalue weighted by Crippen LogP contribution is 2.21. The minimum Gasteiger partial charge on any atom is -0.368 e. The molecule has 0 unspecified atom stereocenters. The summed E-state index contributed by atoms with van der Waals surface area (Å²) < 4.78 is 13.1. The molecule has 1 aromatic heterocycles. The van der Waals surface area contributed by atoms with Crippen LogP contribution in [-0.2, 0) is 16.0 Å². The Kier molecular flexibility index (Phi) is 5.98. The van der Waals surface area contributed by atoms with E-state index in [1.165, 1.54) is 23.5 Å². The standard InChI is InChI=1S/C20H25FN4O2S/c1-20(2,3)18(27)23-19-22-15(13-28-19)12-17(26)25-10-8-24(9-11-25)16-6-4-14(21)5-7-16/h4-7,13H,8-12H2,1-3H3,(H,22,23,27). The van der Waals surface area contributed by atoms with E-state index in [2.05, 4.69) is 15.2 Å². The monoisotopic (exact) mass is 404 g/mol. The maximum atomic E-state index is 13.1. The highest BCUT2D eigenvalue weighted by Gasteiger charge is 2.24. The number of benzene rings is 1. The van der Waals surface area contributed by atoms with Crippen molar-refractivity contribution < 1.29 is 14.0 Å². The summed E-state index contributed by atoms with van der Waals surface area (Å²) in [4.78, 5) is 32.9. The first-order valence-corrected chi connectivity index (χ1v) is 10.1. The van der Waals surface area contributed by atoms with Crippen LogP contribution in [0.5, 0.6) is 0 Å². The fourth-order valence-electron chi connectivity index (χ4n) is 2.86. The van der Waals surface area contributed by atoms with Gasteiger partial charge in [-0.2, -0.15) is 0 Å². The Morgan fingerprint density at radius 3 is 2.39 bits per heavy atom. The highest BCUT2D eigenvalue weighted by atomic mass is 32.1. The van der Waals surface area contributed by atoms with E-state index in [-0.39, 0.29) is 24.1 Å². The molecule has 0 bridgehead atoms. The molecule has 1 N–H and O–H groups in total. The van der Waals surface area contributed by atoms with E-state index >= 15 is 0 Å². The van der Waals surface area contributed by atoms with Crippen LogP contribution >= 0.6 is 11.3 Å². The van der Waals surface area contributed by atoms with Crippen LogP contribution in [0.1, 0.15) is 26.5 Å². The minimum atomic E-state index is -0.494. The average molecular weight is 405 g/mol. The lowest BCUT2D eigenvalue weighted by Gasteiger charge is -2.36. The summed E-state index contributed by atoms with van der Waals surface area (Å²) in [6.07, 6.45) is 0.221. The van der Waals surface area contributed by atoms with Crippen LogP contribution in [0, 0.1) is 11.2 Å². The molecule has 150 valence electrons. The number of thiazole rings is 1. The lowest BCUT2D eigenvalue weighted by atomic mass is 9.96. The van der Waals surface area contributed by atoms with Gasteiger partial charge < -0.3 is 15.1 Å². The number of aromatic nitrogens is 1. The number of nitrogens with zero attached hydrogens (tertiary/aromatic N) is 3. The predicted molar refractivity (Wildman–Crippen MR) is 109 cm³/mol. The van der Waals surface area contributed by atoms with Crippen molar-refractivity contribution in [2.24, 2.45) is 5.41 Å². The Morgan fingerprint density at radius 2 is 1.79 bits per heavy atom. The van der Waals surface area contributed by atoms with Crippen molar-refractivity contribution in [3.63, 3.8) is 0 Å². The summed E-state index contributed by atoms with van der Waals surface area (Å²) in [6, 6.07) is 6.42. The fourth-order valence-corrected chi connectivity index (χ4v) is 3.57. The molecule has 1 saturated heterocycles. The van der Waals surface area contributed by atoms with E-state index in [1.807, 2.05) is 31.1 Å². The second-order valence-corrected chi connectivity index (χ2v) is 8.73. The molecular formula is C20H25FN4O2S. The Morgan fingerprint density at radius 1 is 1.14 bits per heavy atom. The number of carbonyl (C=O) groups is 2. The number of piperazine rings is 1. The fraction of sp³-hybridized carbons (Fsp3) is 0.450. The third-order valence-electron chi connectivity index (χ3n) is 4.61. The number of hydrogen-bond donors (Lipinski definition) is 1. The summed E-state index contributed by atoms with van der Waals surface area (Å²) in [7, 11) is 0. The van der Waals surface area contributed by atoms with Crippen LogP contribution in [0.3, 0.4) is 0 Å². The first-order chi connectivity index (χ1) is 13.2. The van der Waals surface area contributed by atoms with Crippen molar-refractivity contribution in [2.45, 2.75) is 27.2 Å². The second kappa shape index (κ2) is 8.26. The summed E-state index contributed by atoms with van der Waals surface area (Å²) in [5, 5.41) is 5.12. The number of hydrogen-bond acceptors (Lipinski definition) is 5. The summed E-state index contributed by atoms with van der Waals surface area (Å²) >= 11 is 1.33. The topological polar surface area (TPSA) is 65.5 Å². The van der Waals surface area contributed by atoms with Gasteiger partial charge in [-0.05, 0) is 24.3 Å². The van der Waals surface area contributed by atoms with E-state index in [1.54, 1.807) is 12.1 Å². The van der Waals surface area contributed by atoms with Crippen LogP contribution < -0.4 is 10.2 Å². The number of nitrogens with one attached hydrogen (secondary N) is 1. The van der Waals surface area contributed by atoms with Crippen LogP contribution in [0.4, 0.5) is 15.2 Å². The normalized spacial score (nSPS) is 14.9. The Labute approximate surface area is 168 Å². The summed E-state index contributed by atoms with van der Waals surface area (Å²) in [5.41, 5.74) is 1.14. The number of carbonyl (C=O) groups excluding carboxylic acids is 2. The third-order valence-corrected chi connectivity index (χ3v) is 5.42. The molecule has 0 spiro atoms. The van der Waals surface area contributed by atoms with E-state index in [4.69, 9.17) is 0 Å². The van der Waals surface area contributed by atoms with Gasteiger partial charge in [0, 0.05) is 42.7 Å². The molecule has 1 aliphatic rings. The molecule has 3 rings (SSSR count). The highest BCUT2D eigenvalue weighted by molar-refractivity contribution is 7.13. The molecule has 1 aliphatic heterocycles. The zero-order valence-corrected chi connectivity index (χ0v) is 17.2. The lowest BCUT2D eigenvalue weighted by molar-refractivity contribution is -0.130. The van der Waals surface area contributed by atoms with Gasteiger partial charge in [0.2, 0.25) is 11.8 Å². The molecule has 1 aromatic carbocycles. The van der Waals surface area contributed by atoms with Crippen molar-refractivity contribution in [1.82, 2.24) is 9.88 Å². The maximum absolute atomic E-state index is 13.1. The maximum Gasteiger partial charge on any atom is 0.231 e. The Balaban J connectivity index is 1.51. The van der Waals surface area contributed by atoms with Crippen molar-refractivity contribution in [2.75, 3.05) is 36.4 Å². The molecule has 2 aromatic rings. The molecule has 2 amide bonds. The first kappa shape index (κ1) is 20.3. The van der Waals surface area contributed by atoms with Gasteiger partial charge >= 0.3 is 0 Å². The molecule has 1 fully saturated rings. The zero-order valence-electron chi connectivity index (χ0n) is 16.4. The van der Waals surface area contributed by atoms with Gasteiger partial charge in [0.25, 0.3) is 0 Å². The lowest BCUT2D eigenvalue weighted by Crippen LogP contribution is -2.49. The van der Waals surface area contributed by atoms with Crippen LogP contribution in [0.2, 0.25) is 0 Å². The molecule has 0 saturated carbocycles. The van der Waals surface area contributed by atoms with Gasteiger partial charge in [-0.15, -0.1) is 11.3 Å². The Hall–Kier alpha value is -2.48. The predicted octanol–water partition coefficient (Wildman–Crippen LogP) is 3.16. The van der Waals surface area contributed by atoms with Crippen molar-refractivity contribution in [3.05, 3.63) is 41.2 Å². The largest absolute Gasteiger partial charge is 0.368 e. The third kappa shape index (κ3) is 5.07. The number of halogens is 1. The zero-order chi connectivity index (χ0) is 20.3. The van der Waals surface area contributed by atoms with Crippen LogP contribution in [-0.4, -0.2) is 47.9 Å². The van der Waals surface area contributed by atoms with Gasteiger partial charge in [0.1, 0.15) is 5.82 Å².